The fourth-order valence-electron chi connectivity index (χ4n) is 2.48. The second-order valence-corrected chi connectivity index (χ2v) is 4.25. The van der Waals surface area contributed by atoms with Crippen LogP contribution in [0.3, 0.4) is 0 Å². The van der Waals surface area contributed by atoms with E-state index in [1.54, 1.807) is 0 Å². The molecule has 0 bridgehead atoms. The second kappa shape index (κ2) is 2.22. The number of fused-ring (bicyclic) bond motifs is 2. The predicted octanol–water partition coefficient (Wildman–Crippen LogP) is 2.69. The fourth-order valence-corrected chi connectivity index (χ4v) is 2.48. The summed E-state index contributed by atoms with van der Waals surface area (Å²) in [4.78, 5) is 11.6. The van der Waals surface area contributed by atoms with Crippen LogP contribution in [0.4, 0.5) is 0 Å². The molecular formula is C12H12O. The van der Waals surface area contributed by atoms with Crippen LogP contribution in [-0.4, -0.2) is 5.78 Å². The van der Waals surface area contributed by atoms with Crippen LogP contribution in [0.1, 0.15) is 41.6 Å². The normalized spacial score (nSPS) is 22.9. The van der Waals surface area contributed by atoms with Crippen molar-refractivity contribution >= 4 is 5.78 Å². The maximum atomic E-state index is 11.6. The summed E-state index contributed by atoms with van der Waals surface area (Å²) in [5.41, 5.74) is 2.74. The lowest BCUT2D eigenvalue weighted by Gasteiger charge is -2.23. The Bertz CT molecular complexity index is 374. The van der Waals surface area contributed by atoms with E-state index in [1.165, 1.54) is 18.4 Å². The molecule has 1 heteroatoms. The molecule has 1 aromatic rings. The Hall–Kier alpha value is -1.11. The molecule has 0 amide bonds. The molecule has 0 aromatic heterocycles. The Balaban J connectivity index is 2.22. The van der Waals surface area contributed by atoms with Gasteiger partial charge in [0.2, 0.25) is 0 Å². The van der Waals surface area contributed by atoms with Crippen LogP contribution in [0.5, 0.6) is 0 Å². The fraction of sp³-hybridized carbons (Fsp3) is 0.417. The van der Waals surface area contributed by atoms with Crippen molar-refractivity contribution in [3.8, 4) is 0 Å². The highest BCUT2D eigenvalue weighted by Gasteiger charge is 2.48. The van der Waals surface area contributed by atoms with E-state index in [-0.39, 0.29) is 0 Å². The van der Waals surface area contributed by atoms with Gasteiger partial charge in [-0.3, -0.25) is 4.79 Å². The molecule has 13 heavy (non-hydrogen) atoms. The molecule has 2 aliphatic rings. The van der Waals surface area contributed by atoms with E-state index in [0.29, 0.717) is 11.2 Å². The summed E-state index contributed by atoms with van der Waals surface area (Å²) in [6, 6.07) is 8.14. The number of hydrogen-bond acceptors (Lipinski definition) is 1. The molecule has 0 N–H and O–H groups in total. The van der Waals surface area contributed by atoms with E-state index in [0.717, 1.165) is 18.4 Å². The molecule has 1 spiro atoms. The van der Waals surface area contributed by atoms with Crippen LogP contribution in [0.25, 0.3) is 0 Å². The average molecular weight is 172 g/mol. The quantitative estimate of drug-likeness (QED) is 0.588. The smallest absolute Gasteiger partial charge is 0.163 e. The molecule has 0 aliphatic heterocycles. The highest BCUT2D eigenvalue weighted by atomic mass is 16.1. The third-order valence-corrected chi connectivity index (χ3v) is 3.48. The van der Waals surface area contributed by atoms with Gasteiger partial charge in [0.15, 0.2) is 5.78 Å². The minimum atomic E-state index is 0.341. The summed E-state index contributed by atoms with van der Waals surface area (Å²) < 4.78 is 0. The average Bonchev–Trinajstić information content (AvgIpc) is 2.94. The molecular weight excluding hydrogens is 160 g/mol. The van der Waals surface area contributed by atoms with Crippen molar-refractivity contribution in [2.24, 2.45) is 0 Å². The zero-order valence-corrected chi connectivity index (χ0v) is 7.55. The molecule has 0 atom stereocenters. The summed E-state index contributed by atoms with van der Waals surface area (Å²) in [6.45, 7) is 0. The van der Waals surface area contributed by atoms with E-state index < -0.39 is 0 Å². The van der Waals surface area contributed by atoms with Crippen LogP contribution in [0.15, 0.2) is 24.3 Å². The van der Waals surface area contributed by atoms with Gasteiger partial charge in [-0.2, -0.15) is 0 Å². The lowest BCUT2D eigenvalue weighted by molar-refractivity contribution is 0.0964. The first kappa shape index (κ1) is 7.31. The van der Waals surface area contributed by atoms with Gasteiger partial charge in [-0.1, -0.05) is 24.3 Å². The van der Waals surface area contributed by atoms with Crippen LogP contribution in [0.2, 0.25) is 0 Å². The number of rotatable bonds is 0. The first-order chi connectivity index (χ1) is 6.32. The number of Topliss-reactive ketones (excluding diaryl/α,β-unsaturated/α-hetero) is 1. The monoisotopic (exact) mass is 172 g/mol. The largest absolute Gasteiger partial charge is 0.294 e. The van der Waals surface area contributed by atoms with Gasteiger partial charge in [0.05, 0.1) is 0 Å². The zero-order valence-electron chi connectivity index (χ0n) is 7.55. The van der Waals surface area contributed by atoms with Crippen molar-refractivity contribution in [3.05, 3.63) is 35.4 Å². The highest BCUT2D eigenvalue weighted by Crippen LogP contribution is 2.55. The molecule has 0 saturated heterocycles. The topological polar surface area (TPSA) is 17.1 Å². The molecule has 66 valence electrons. The third kappa shape index (κ3) is 0.902. The number of carbonyl (C=O) groups is 1. The minimum absolute atomic E-state index is 0.341. The van der Waals surface area contributed by atoms with Gasteiger partial charge in [0.25, 0.3) is 0 Å². The van der Waals surface area contributed by atoms with Crippen molar-refractivity contribution in [2.75, 3.05) is 0 Å². The Morgan fingerprint density at radius 2 is 1.85 bits per heavy atom. The maximum absolute atomic E-state index is 11.6. The maximum Gasteiger partial charge on any atom is 0.163 e. The zero-order chi connectivity index (χ0) is 8.89. The van der Waals surface area contributed by atoms with E-state index in [2.05, 4.69) is 12.1 Å². The highest BCUT2D eigenvalue weighted by molar-refractivity contribution is 5.99. The number of carbonyl (C=O) groups excluding carboxylic acids is 1. The molecule has 3 rings (SSSR count). The van der Waals surface area contributed by atoms with Crippen LogP contribution in [0, 0.1) is 0 Å². The van der Waals surface area contributed by atoms with Crippen molar-refractivity contribution in [3.63, 3.8) is 0 Å². The van der Waals surface area contributed by atoms with Gasteiger partial charge in [0.1, 0.15) is 0 Å². The van der Waals surface area contributed by atoms with E-state index in [9.17, 15) is 4.79 Å². The van der Waals surface area contributed by atoms with Crippen molar-refractivity contribution in [1.29, 1.82) is 0 Å². The lowest BCUT2D eigenvalue weighted by Crippen LogP contribution is -2.20. The first-order valence-corrected chi connectivity index (χ1v) is 4.95. The van der Waals surface area contributed by atoms with E-state index in [4.69, 9.17) is 0 Å². The van der Waals surface area contributed by atoms with Crippen molar-refractivity contribution < 1.29 is 4.79 Å². The number of benzene rings is 1. The van der Waals surface area contributed by atoms with Gasteiger partial charge in [-0.05, 0) is 30.2 Å². The molecule has 0 radical (unpaired) electrons. The molecule has 1 aromatic carbocycles. The summed E-state index contributed by atoms with van der Waals surface area (Å²) in [5, 5.41) is 0. The van der Waals surface area contributed by atoms with Crippen LogP contribution >= 0.6 is 0 Å². The summed E-state index contributed by atoms with van der Waals surface area (Å²) >= 11 is 0. The van der Waals surface area contributed by atoms with Crippen molar-refractivity contribution in [2.45, 2.75) is 31.1 Å². The second-order valence-electron chi connectivity index (χ2n) is 4.25. The molecule has 0 unspecified atom stereocenters. The Morgan fingerprint density at radius 1 is 1.08 bits per heavy atom. The summed E-state index contributed by atoms with van der Waals surface area (Å²) in [5.74, 6) is 0.341. The van der Waals surface area contributed by atoms with Gasteiger partial charge < -0.3 is 0 Å². The van der Waals surface area contributed by atoms with Crippen LogP contribution < -0.4 is 0 Å². The first-order valence-electron chi connectivity index (χ1n) is 4.95. The number of hydrogen-bond donors (Lipinski definition) is 0. The molecule has 1 saturated carbocycles. The Morgan fingerprint density at radius 3 is 2.62 bits per heavy atom. The van der Waals surface area contributed by atoms with Gasteiger partial charge in [-0.25, -0.2) is 0 Å². The number of ketones is 1. The molecule has 2 aliphatic carbocycles. The lowest BCUT2D eigenvalue weighted by atomic mass is 9.80. The summed E-state index contributed by atoms with van der Waals surface area (Å²) in [6.07, 6.45) is 4.43. The van der Waals surface area contributed by atoms with Crippen molar-refractivity contribution in [1.82, 2.24) is 0 Å². The minimum Gasteiger partial charge on any atom is -0.294 e. The van der Waals surface area contributed by atoms with Gasteiger partial charge in [0, 0.05) is 12.0 Å². The standard InChI is InChI=1S/C12H12O/c13-11-5-6-12(7-8-12)10-4-2-1-3-9(10)11/h1-4H,5-8H2. The SMILES string of the molecule is O=C1CCC2(CC2)c2ccccc21. The van der Waals surface area contributed by atoms with Gasteiger partial charge in [-0.15, -0.1) is 0 Å². The molecule has 1 fully saturated rings. The Labute approximate surface area is 77.8 Å². The third-order valence-electron chi connectivity index (χ3n) is 3.48. The summed E-state index contributed by atoms with van der Waals surface area (Å²) in [7, 11) is 0. The van der Waals surface area contributed by atoms with E-state index >= 15 is 0 Å². The Kier molecular flexibility index (Phi) is 1.25. The molecule has 0 heterocycles. The van der Waals surface area contributed by atoms with Gasteiger partial charge >= 0.3 is 0 Å². The molecule has 1 nitrogen and oxygen atoms in total. The van der Waals surface area contributed by atoms with E-state index in [1.807, 2.05) is 12.1 Å². The van der Waals surface area contributed by atoms with Crippen LogP contribution in [-0.2, 0) is 5.41 Å². The predicted molar refractivity (Wildman–Crippen MR) is 50.9 cm³/mol.